The number of carbonyl (C=O) groups excluding carboxylic acids is 1. The zero-order valence-corrected chi connectivity index (χ0v) is 18.7. The summed E-state index contributed by atoms with van der Waals surface area (Å²) in [6, 6.07) is 12.5. The van der Waals surface area contributed by atoms with Gasteiger partial charge in [-0.3, -0.25) is 4.79 Å². The molecule has 7 nitrogen and oxygen atoms in total. The van der Waals surface area contributed by atoms with Gasteiger partial charge in [0.25, 0.3) is 0 Å². The largest absolute Gasteiger partial charge is 0.495 e. The number of anilines is 1. The van der Waals surface area contributed by atoms with Crippen LogP contribution in [0, 0.1) is 0 Å². The fourth-order valence-electron chi connectivity index (χ4n) is 3.38. The molecule has 1 amide bonds. The number of benzene rings is 1. The molecule has 8 heteroatoms. The van der Waals surface area contributed by atoms with E-state index in [9.17, 15) is 4.79 Å². The van der Waals surface area contributed by atoms with Gasteiger partial charge in [0.2, 0.25) is 5.91 Å². The minimum absolute atomic E-state index is 0.0172. The number of hydrogen-bond donors (Lipinski definition) is 2. The van der Waals surface area contributed by atoms with Gasteiger partial charge in [-0.15, -0.1) is 11.3 Å². The van der Waals surface area contributed by atoms with Crippen molar-refractivity contribution < 1.29 is 9.53 Å². The van der Waals surface area contributed by atoms with Crippen molar-refractivity contribution in [3.05, 3.63) is 46.7 Å². The number of thiophene rings is 1. The molecule has 2 N–H and O–H groups in total. The van der Waals surface area contributed by atoms with Gasteiger partial charge in [0.05, 0.1) is 12.8 Å². The third-order valence-corrected chi connectivity index (χ3v) is 6.01. The number of aliphatic imine (C=N–C) groups is 1. The van der Waals surface area contributed by atoms with E-state index in [0.29, 0.717) is 5.96 Å². The molecule has 0 aliphatic carbocycles. The molecule has 1 aliphatic rings. The molecule has 1 aromatic carbocycles. The summed E-state index contributed by atoms with van der Waals surface area (Å²) < 4.78 is 5.51. The highest BCUT2D eigenvalue weighted by molar-refractivity contribution is 7.09. The fraction of sp³-hybridized carbons (Fsp3) is 0.455. The van der Waals surface area contributed by atoms with E-state index >= 15 is 0 Å². The van der Waals surface area contributed by atoms with Crippen molar-refractivity contribution in [2.45, 2.75) is 18.9 Å². The van der Waals surface area contributed by atoms with E-state index in [0.717, 1.165) is 43.9 Å². The first-order valence-corrected chi connectivity index (χ1v) is 11.1. The first-order chi connectivity index (χ1) is 14.6. The summed E-state index contributed by atoms with van der Waals surface area (Å²) in [4.78, 5) is 21.7. The van der Waals surface area contributed by atoms with Gasteiger partial charge in [-0.25, -0.2) is 4.99 Å². The van der Waals surface area contributed by atoms with Crippen molar-refractivity contribution in [3.8, 4) is 5.75 Å². The summed E-state index contributed by atoms with van der Waals surface area (Å²) >= 11 is 1.75. The molecule has 2 heterocycles. The highest BCUT2D eigenvalue weighted by Gasteiger charge is 2.25. The van der Waals surface area contributed by atoms with Gasteiger partial charge in [0.15, 0.2) is 5.96 Å². The standard InChI is InChI=1S/C22H31N5O2S/c1-26(2)21(28)15-24-22(23-12-10-18-7-6-14-30-18)25-17-11-13-27(16-17)19-8-4-5-9-20(19)29-3/h4-9,14,17H,10-13,15-16H2,1-3H3,(H2,23,24,25). The first-order valence-electron chi connectivity index (χ1n) is 10.2. The van der Waals surface area contributed by atoms with Gasteiger partial charge in [-0.1, -0.05) is 18.2 Å². The number of amides is 1. The highest BCUT2D eigenvalue weighted by Crippen LogP contribution is 2.30. The predicted molar refractivity (Wildman–Crippen MR) is 124 cm³/mol. The Balaban J connectivity index is 1.60. The van der Waals surface area contributed by atoms with E-state index in [1.165, 1.54) is 4.88 Å². The molecular formula is C22H31N5O2S. The van der Waals surface area contributed by atoms with Crippen molar-refractivity contribution in [2.24, 2.45) is 4.99 Å². The predicted octanol–water partition coefficient (Wildman–Crippen LogP) is 2.20. The summed E-state index contributed by atoms with van der Waals surface area (Å²) in [5, 5.41) is 8.99. The number of para-hydroxylation sites is 2. The lowest BCUT2D eigenvalue weighted by Gasteiger charge is -2.22. The number of guanidine groups is 1. The molecule has 1 aliphatic heterocycles. The maximum absolute atomic E-state index is 12.0. The zero-order valence-electron chi connectivity index (χ0n) is 17.9. The van der Waals surface area contributed by atoms with Crippen LogP contribution in [0.25, 0.3) is 0 Å². The van der Waals surface area contributed by atoms with E-state index < -0.39 is 0 Å². The zero-order chi connectivity index (χ0) is 21.3. The van der Waals surface area contributed by atoms with E-state index in [2.05, 4.69) is 44.1 Å². The van der Waals surface area contributed by atoms with E-state index in [1.807, 2.05) is 18.2 Å². The van der Waals surface area contributed by atoms with Crippen LogP contribution in [0.15, 0.2) is 46.8 Å². The molecule has 0 spiro atoms. The fourth-order valence-corrected chi connectivity index (χ4v) is 4.09. The van der Waals surface area contributed by atoms with Crippen molar-refractivity contribution >= 4 is 28.9 Å². The maximum atomic E-state index is 12.0. The number of ether oxygens (including phenoxy) is 1. The summed E-state index contributed by atoms with van der Waals surface area (Å²) in [6.45, 7) is 2.69. The Morgan fingerprint density at radius 1 is 1.30 bits per heavy atom. The quantitative estimate of drug-likeness (QED) is 0.497. The average Bonchev–Trinajstić information content (AvgIpc) is 3.43. The Hall–Kier alpha value is -2.74. The topological polar surface area (TPSA) is 69.2 Å². The van der Waals surface area contributed by atoms with Crippen molar-refractivity contribution in [2.75, 3.05) is 52.3 Å². The lowest BCUT2D eigenvalue weighted by molar-refractivity contribution is -0.127. The maximum Gasteiger partial charge on any atom is 0.243 e. The molecule has 2 aromatic rings. The van der Waals surface area contributed by atoms with Gasteiger partial charge in [0.1, 0.15) is 12.3 Å². The number of likely N-dealkylation sites (N-methyl/N-ethyl adjacent to an activating group) is 1. The van der Waals surface area contributed by atoms with Crippen LogP contribution in [0.3, 0.4) is 0 Å². The SMILES string of the molecule is COc1ccccc1N1CCC(NC(=NCC(=O)N(C)C)NCCc2cccs2)C1. The molecule has 1 saturated heterocycles. The Kier molecular flexibility index (Phi) is 7.96. The van der Waals surface area contributed by atoms with Gasteiger partial charge in [0, 0.05) is 44.6 Å². The molecule has 0 bridgehead atoms. The molecular weight excluding hydrogens is 398 g/mol. The Bertz CT molecular complexity index is 838. The molecule has 1 unspecified atom stereocenters. The van der Waals surface area contributed by atoms with Crippen LogP contribution >= 0.6 is 11.3 Å². The number of methoxy groups -OCH3 is 1. The number of carbonyl (C=O) groups is 1. The lowest BCUT2D eigenvalue weighted by Crippen LogP contribution is -2.45. The monoisotopic (exact) mass is 429 g/mol. The van der Waals surface area contributed by atoms with Gasteiger partial charge >= 0.3 is 0 Å². The molecule has 1 atom stereocenters. The van der Waals surface area contributed by atoms with Crippen LogP contribution in [-0.2, 0) is 11.2 Å². The van der Waals surface area contributed by atoms with Crippen LogP contribution in [0.4, 0.5) is 5.69 Å². The number of hydrogen-bond acceptors (Lipinski definition) is 5. The van der Waals surface area contributed by atoms with Crippen LogP contribution in [0.2, 0.25) is 0 Å². The second-order valence-corrected chi connectivity index (χ2v) is 8.49. The number of nitrogens with zero attached hydrogens (tertiary/aromatic N) is 3. The van der Waals surface area contributed by atoms with E-state index in [4.69, 9.17) is 4.74 Å². The van der Waals surface area contributed by atoms with Gasteiger partial charge in [-0.05, 0) is 36.4 Å². The normalized spacial score (nSPS) is 16.4. The lowest BCUT2D eigenvalue weighted by atomic mass is 10.2. The molecule has 1 fully saturated rings. The van der Waals surface area contributed by atoms with E-state index in [1.54, 1.807) is 37.4 Å². The summed E-state index contributed by atoms with van der Waals surface area (Å²) in [5.74, 6) is 1.56. The minimum atomic E-state index is -0.0172. The molecule has 0 radical (unpaired) electrons. The van der Waals surface area contributed by atoms with Gasteiger partial charge in [-0.2, -0.15) is 0 Å². The van der Waals surface area contributed by atoms with Crippen LogP contribution in [0.1, 0.15) is 11.3 Å². The Morgan fingerprint density at radius 2 is 2.13 bits per heavy atom. The Morgan fingerprint density at radius 3 is 2.87 bits per heavy atom. The summed E-state index contributed by atoms with van der Waals surface area (Å²) in [6.07, 6.45) is 1.92. The van der Waals surface area contributed by atoms with Gasteiger partial charge < -0.3 is 25.2 Å². The van der Waals surface area contributed by atoms with Crippen molar-refractivity contribution in [1.82, 2.24) is 15.5 Å². The van der Waals surface area contributed by atoms with Crippen LogP contribution < -0.4 is 20.3 Å². The third-order valence-electron chi connectivity index (χ3n) is 5.07. The van der Waals surface area contributed by atoms with Crippen LogP contribution in [-0.4, -0.2) is 70.2 Å². The smallest absolute Gasteiger partial charge is 0.243 e. The number of rotatable bonds is 8. The number of nitrogens with one attached hydrogen (secondary N) is 2. The molecule has 30 heavy (non-hydrogen) atoms. The Labute approximate surface area is 182 Å². The van der Waals surface area contributed by atoms with Crippen molar-refractivity contribution in [1.29, 1.82) is 0 Å². The van der Waals surface area contributed by atoms with E-state index in [-0.39, 0.29) is 18.5 Å². The second kappa shape index (κ2) is 10.9. The van der Waals surface area contributed by atoms with Crippen LogP contribution in [0.5, 0.6) is 5.75 Å². The molecule has 3 rings (SSSR count). The average molecular weight is 430 g/mol. The molecule has 1 aromatic heterocycles. The third kappa shape index (κ3) is 6.13. The summed E-state index contributed by atoms with van der Waals surface area (Å²) in [5.41, 5.74) is 1.11. The molecule has 0 saturated carbocycles. The highest BCUT2D eigenvalue weighted by atomic mass is 32.1. The second-order valence-electron chi connectivity index (χ2n) is 7.46. The first kappa shape index (κ1) is 22.0. The summed E-state index contributed by atoms with van der Waals surface area (Å²) in [7, 11) is 5.20. The minimum Gasteiger partial charge on any atom is -0.495 e. The molecule has 162 valence electrons. The van der Waals surface area contributed by atoms with Crippen molar-refractivity contribution in [3.63, 3.8) is 0 Å².